The van der Waals surface area contributed by atoms with Crippen molar-refractivity contribution in [3.05, 3.63) is 53.1 Å². The average Bonchev–Trinajstić information content (AvgIpc) is 2.62. The molecule has 0 spiro atoms. The van der Waals surface area contributed by atoms with E-state index in [-0.39, 0.29) is 0 Å². The summed E-state index contributed by atoms with van der Waals surface area (Å²) in [6.45, 7) is 4.00. The molecule has 0 aromatic heterocycles. The van der Waals surface area contributed by atoms with E-state index in [1.165, 1.54) is 14.2 Å². The first-order chi connectivity index (χ1) is 10.7. The highest BCUT2D eigenvalue weighted by atomic mass is 16.5. The van der Waals surface area contributed by atoms with Crippen LogP contribution in [0.3, 0.4) is 0 Å². The van der Waals surface area contributed by atoms with E-state index in [0.717, 1.165) is 18.4 Å². The number of carbonyl (C=O) groups is 2. The van der Waals surface area contributed by atoms with Crippen molar-refractivity contribution >= 4 is 17.5 Å². The Kier molecular flexibility index (Phi) is 7.09. The molecule has 0 N–H and O–H groups in total. The van der Waals surface area contributed by atoms with E-state index in [4.69, 9.17) is 9.47 Å². The Morgan fingerprint density at radius 2 is 1.68 bits per heavy atom. The molecule has 0 atom stereocenters. The second kappa shape index (κ2) is 8.82. The van der Waals surface area contributed by atoms with Gasteiger partial charge >= 0.3 is 11.9 Å². The number of methoxy groups -OCH3 is 2. The minimum atomic E-state index is -0.428. The van der Waals surface area contributed by atoms with Gasteiger partial charge in [-0.1, -0.05) is 32.1 Å². The van der Waals surface area contributed by atoms with Crippen LogP contribution in [0.4, 0.5) is 0 Å². The minimum absolute atomic E-state index is 0.412. The molecule has 1 aliphatic carbocycles. The molecular formula is C18H22O4. The molecule has 118 valence electrons. The fourth-order valence-electron chi connectivity index (χ4n) is 2.13. The predicted molar refractivity (Wildman–Crippen MR) is 86.8 cm³/mol. The van der Waals surface area contributed by atoms with E-state index in [2.05, 4.69) is 0 Å². The molecule has 0 saturated carbocycles. The standard InChI is InChI=1S/C16H16O4.C2H6/c1-19-15(17)12-8-9-13(16(18)20-2)14(10-12)11-6-4-3-5-7-11;1-2/h4,6-10H,3,5H2,1-2H3;1-2H3. The quantitative estimate of drug-likeness (QED) is 0.791. The molecule has 1 aliphatic rings. The van der Waals surface area contributed by atoms with E-state index in [0.29, 0.717) is 16.7 Å². The van der Waals surface area contributed by atoms with Crippen LogP contribution in [0.15, 0.2) is 36.4 Å². The topological polar surface area (TPSA) is 52.6 Å². The lowest BCUT2D eigenvalue weighted by atomic mass is 9.93. The maximum atomic E-state index is 11.8. The van der Waals surface area contributed by atoms with E-state index in [9.17, 15) is 9.59 Å². The van der Waals surface area contributed by atoms with Crippen LogP contribution in [0, 0.1) is 0 Å². The largest absolute Gasteiger partial charge is 0.465 e. The second-order valence-electron chi connectivity index (χ2n) is 4.38. The summed E-state index contributed by atoms with van der Waals surface area (Å²) in [4.78, 5) is 23.5. The molecule has 22 heavy (non-hydrogen) atoms. The van der Waals surface area contributed by atoms with Crippen molar-refractivity contribution in [1.82, 2.24) is 0 Å². The minimum Gasteiger partial charge on any atom is -0.465 e. The van der Waals surface area contributed by atoms with E-state index in [1.54, 1.807) is 18.2 Å². The van der Waals surface area contributed by atoms with Gasteiger partial charge in [0.25, 0.3) is 0 Å². The highest BCUT2D eigenvalue weighted by Gasteiger charge is 2.17. The molecule has 0 fully saturated rings. The summed E-state index contributed by atoms with van der Waals surface area (Å²) in [5.41, 5.74) is 2.46. The van der Waals surface area contributed by atoms with E-state index < -0.39 is 11.9 Å². The van der Waals surface area contributed by atoms with Gasteiger partial charge in [0, 0.05) is 0 Å². The van der Waals surface area contributed by atoms with Crippen LogP contribution in [0.2, 0.25) is 0 Å². The molecular weight excluding hydrogens is 280 g/mol. The molecule has 0 saturated heterocycles. The molecule has 0 heterocycles. The van der Waals surface area contributed by atoms with Gasteiger partial charge in [-0.3, -0.25) is 0 Å². The first-order valence-corrected chi connectivity index (χ1v) is 7.35. The Labute approximate surface area is 131 Å². The Balaban J connectivity index is 0.00000116. The third-order valence-electron chi connectivity index (χ3n) is 3.15. The predicted octanol–water partition coefficient (Wildman–Crippen LogP) is 4.02. The van der Waals surface area contributed by atoms with Crippen molar-refractivity contribution in [1.29, 1.82) is 0 Å². The van der Waals surface area contributed by atoms with Crippen LogP contribution in [-0.2, 0) is 9.47 Å². The van der Waals surface area contributed by atoms with Crippen molar-refractivity contribution in [3.63, 3.8) is 0 Å². The van der Waals surface area contributed by atoms with Gasteiger partial charge in [0.15, 0.2) is 0 Å². The van der Waals surface area contributed by atoms with Gasteiger partial charge in [-0.05, 0) is 42.2 Å². The molecule has 1 aromatic rings. The maximum absolute atomic E-state index is 11.8. The normalized spacial score (nSPS) is 12.6. The lowest BCUT2D eigenvalue weighted by molar-refractivity contribution is 0.0586. The summed E-state index contributed by atoms with van der Waals surface area (Å²) >= 11 is 0. The summed E-state index contributed by atoms with van der Waals surface area (Å²) in [5.74, 6) is -0.848. The van der Waals surface area contributed by atoms with Crippen LogP contribution in [0.25, 0.3) is 5.57 Å². The smallest absolute Gasteiger partial charge is 0.338 e. The summed E-state index contributed by atoms with van der Waals surface area (Å²) in [7, 11) is 2.67. The Morgan fingerprint density at radius 1 is 1.00 bits per heavy atom. The lowest BCUT2D eigenvalue weighted by Gasteiger charge is -2.13. The van der Waals surface area contributed by atoms with Crippen LogP contribution >= 0.6 is 0 Å². The number of ether oxygens (including phenoxy) is 2. The maximum Gasteiger partial charge on any atom is 0.338 e. The molecule has 0 radical (unpaired) electrons. The van der Waals surface area contributed by atoms with Crippen LogP contribution < -0.4 is 0 Å². The van der Waals surface area contributed by atoms with Crippen LogP contribution in [0.1, 0.15) is 53.0 Å². The lowest BCUT2D eigenvalue weighted by Crippen LogP contribution is -2.09. The Morgan fingerprint density at radius 3 is 2.23 bits per heavy atom. The van der Waals surface area contributed by atoms with E-state index in [1.807, 2.05) is 32.1 Å². The number of hydrogen-bond acceptors (Lipinski definition) is 4. The molecule has 0 unspecified atom stereocenters. The average molecular weight is 302 g/mol. The van der Waals surface area contributed by atoms with Crippen molar-refractivity contribution in [2.75, 3.05) is 14.2 Å². The highest BCUT2D eigenvalue weighted by Crippen LogP contribution is 2.26. The van der Waals surface area contributed by atoms with Crippen molar-refractivity contribution in [3.8, 4) is 0 Å². The van der Waals surface area contributed by atoms with Gasteiger partial charge in [-0.15, -0.1) is 0 Å². The van der Waals surface area contributed by atoms with Crippen molar-refractivity contribution in [2.45, 2.75) is 26.7 Å². The number of allylic oxidation sites excluding steroid dienone is 4. The van der Waals surface area contributed by atoms with Crippen LogP contribution in [0.5, 0.6) is 0 Å². The summed E-state index contributed by atoms with van der Waals surface area (Å²) in [5, 5.41) is 0. The van der Waals surface area contributed by atoms with Gasteiger partial charge < -0.3 is 9.47 Å². The molecule has 0 aliphatic heterocycles. The Bertz CT molecular complexity index is 597. The third-order valence-corrected chi connectivity index (χ3v) is 3.15. The number of rotatable bonds is 3. The number of hydrogen-bond donors (Lipinski definition) is 0. The van der Waals surface area contributed by atoms with Crippen molar-refractivity contribution in [2.24, 2.45) is 0 Å². The molecule has 4 heteroatoms. The third kappa shape index (κ3) is 4.07. The zero-order valence-electron chi connectivity index (χ0n) is 13.5. The zero-order chi connectivity index (χ0) is 16.5. The fourth-order valence-corrected chi connectivity index (χ4v) is 2.13. The summed E-state index contributed by atoms with van der Waals surface area (Å²) in [6, 6.07) is 4.82. The van der Waals surface area contributed by atoms with Gasteiger partial charge in [-0.25, -0.2) is 9.59 Å². The van der Waals surface area contributed by atoms with Crippen molar-refractivity contribution < 1.29 is 19.1 Å². The highest BCUT2D eigenvalue weighted by molar-refractivity contribution is 5.99. The van der Waals surface area contributed by atoms with Crippen LogP contribution in [-0.4, -0.2) is 26.2 Å². The fraction of sp³-hybridized carbons (Fsp3) is 0.333. The second-order valence-corrected chi connectivity index (χ2v) is 4.38. The molecule has 0 bridgehead atoms. The molecule has 2 rings (SSSR count). The molecule has 4 nitrogen and oxygen atoms in total. The zero-order valence-corrected chi connectivity index (χ0v) is 13.5. The number of carbonyl (C=O) groups excluding carboxylic acids is 2. The van der Waals surface area contributed by atoms with Gasteiger partial charge in [0.1, 0.15) is 0 Å². The summed E-state index contributed by atoms with van der Waals surface area (Å²) < 4.78 is 9.50. The van der Waals surface area contributed by atoms with Gasteiger partial charge in [0.2, 0.25) is 0 Å². The summed E-state index contributed by atoms with van der Waals surface area (Å²) in [6.07, 6.45) is 7.93. The number of esters is 2. The first kappa shape index (κ1) is 17.7. The first-order valence-electron chi connectivity index (χ1n) is 7.35. The van der Waals surface area contributed by atoms with E-state index >= 15 is 0 Å². The SMILES string of the molecule is CC.COC(=O)c1ccc(C(=O)OC)c(C2=CCCC=C2)c1. The number of benzene rings is 1. The molecule has 0 amide bonds. The van der Waals surface area contributed by atoms with Gasteiger partial charge in [-0.2, -0.15) is 0 Å². The molecule has 1 aromatic carbocycles. The Hall–Kier alpha value is -2.36. The monoisotopic (exact) mass is 302 g/mol. The van der Waals surface area contributed by atoms with Gasteiger partial charge in [0.05, 0.1) is 25.3 Å².